The minimum atomic E-state index is 0.154. The fraction of sp³-hybridized carbons (Fsp3) is 0.500. The van der Waals surface area contributed by atoms with Crippen LogP contribution in [-0.2, 0) is 17.7 Å². The molecule has 2 aromatic rings. The number of aryl methyl sites for hydroxylation is 1. The smallest absolute Gasteiger partial charge is 0.191 e. The third-order valence-corrected chi connectivity index (χ3v) is 5.83. The quantitative estimate of drug-likeness (QED) is 0.601. The average molecular weight is 373 g/mol. The van der Waals surface area contributed by atoms with E-state index in [0.717, 1.165) is 43.4 Å². The van der Waals surface area contributed by atoms with Crippen molar-refractivity contribution in [3.8, 4) is 0 Å². The van der Waals surface area contributed by atoms with Crippen molar-refractivity contribution in [1.29, 1.82) is 0 Å². The Morgan fingerprint density at radius 3 is 2.88 bits per heavy atom. The van der Waals surface area contributed by atoms with Gasteiger partial charge >= 0.3 is 0 Å². The molecule has 1 fully saturated rings. The van der Waals surface area contributed by atoms with Gasteiger partial charge in [-0.15, -0.1) is 11.3 Å². The molecule has 26 heavy (non-hydrogen) atoms. The minimum Gasteiger partial charge on any atom is -0.373 e. The van der Waals surface area contributed by atoms with Crippen molar-refractivity contribution in [1.82, 2.24) is 15.6 Å². The summed E-state index contributed by atoms with van der Waals surface area (Å²) in [5, 5.41) is 7.92. The highest BCUT2D eigenvalue weighted by Crippen LogP contribution is 2.33. The van der Waals surface area contributed by atoms with E-state index < -0.39 is 0 Å². The van der Waals surface area contributed by atoms with E-state index in [0.29, 0.717) is 12.5 Å². The molecule has 140 valence electrons. The number of ether oxygens (including phenoxy) is 1. The molecular weight excluding hydrogens is 344 g/mol. The third kappa shape index (κ3) is 5.05. The number of rotatable bonds is 6. The number of aliphatic imine (C=N–C) groups is 1. The summed E-state index contributed by atoms with van der Waals surface area (Å²) in [4.78, 5) is 10.1. The summed E-state index contributed by atoms with van der Waals surface area (Å²) in [6.45, 7) is 4.54. The number of benzene rings is 1. The van der Waals surface area contributed by atoms with Crippen molar-refractivity contribution < 1.29 is 4.74 Å². The zero-order chi connectivity index (χ0) is 18.2. The first-order chi connectivity index (χ1) is 12.8. The molecule has 1 aliphatic rings. The normalized spacial score (nSPS) is 20.8. The Labute approximate surface area is 159 Å². The Morgan fingerprint density at radius 1 is 1.31 bits per heavy atom. The first kappa shape index (κ1) is 18.9. The van der Waals surface area contributed by atoms with Gasteiger partial charge < -0.3 is 15.4 Å². The lowest BCUT2D eigenvalue weighted by atomic mass is 9.89. The van der Waals surface area contributed by atoms with Crippen molar-refractivity contribution >= 4 is 17.3 Å². The van der Waals surface area contributed by atoms with E-state index in [1.807, 2.05) is 12.3 Å². The van der Waals surface area contributed by atoms with Crippen LogP contribution in [0.3, 0.4) is 0 Å². The van der Waals surface area contributed by atoms with E-state index in [9.17, 15) is 0 Å². The number of nitrogens with one attached hydrogen (secondary N) is 2. The molecule has 0 aliphatic carbocycles. The summed E-state index contributed by atoms with van der Waals surface area (Å²) in [6, 6.07) is 10.5. The van der Waals surface area contributed by atoms with Gasteiger partial charge in [0.1, 0.15) is 5.01 Å². The first-order valence-electron chi connectivity index (χ1n) is 9.34. The molecule has 2 heterocycles. The van der Waals surface area contributed by atoms with E-state index in [4.69, 9.17) is 4.74 Å². The minimum absolute atomic E-state index is 0.154. The molecule has 0 amide bonds. The van der Waals surface area contributed by atoms with E-state index in [-0.39, 0.29) is 6.10 Å². The largest absolute Gasteiger partial charge is 0.373 e. The van der Waals surface area contributed by atoms with Crippen molar-refractivity contribution in [3.63, 3.8) is 0 Å². The Morgan fingerprint density at radius 2 is 2.15 bits per heavy atom. The predicted molar refractivity (Wildman–Crippen MR) is 108 cm³/mol. The predicted octanol–water partition coefficient (Wildman–Crippen LogP) is 3.54. The molecule has 5 nitrogen and oxygen atoms in total. The van der Waals surface area contributed by atoms with E-state index in [1.54, 1.807) is 18.4 Å². The van der Waals surface area contributed by atoms with Crippen molar-refractivity contribution in [2.45, 2.75) is 38.8 Å². The second kappa shape index (κ2) is 9.69. The van der Waals surface area contributed by atoms with E-state index in [1.165, 1.54) is 10.4 Å². The fourth-order valence-corrected chi connectivity index (χ4v) is 4.07. The summed E-state index contributed by atoms with van der Waals surface area (Å²) in [7, 11) is 1.81. The van der Waals surface area contributed by atoms with Gasteiger partial charge in [-0.3, -0.25) is 4.99 Å². The number of nitrogens with zero attached hydrogens (tertiary/aromatic N) is 2. The van der Waals surface area contributed by atoms with Gasteiger partial charge in [-0.25, -0.2) is 4.98 Å². The first-order valence-corrected chi connectivity index (χ1v) is 10.2. The van der Waals surface area contributed by atoms with Gasteiger partial charge in [0, 0.05) is 37.2 Å². The lowest BCUT2D eigenvalue weighted by Crippen LogP contribution is -2.41. The molecule has 0 radical (unpaired) electrons. The lowest BCUT2D eigenvalue weighted by Gasteiger charge is -2.32. The number of guanidine groups is 1. The third-order valence-electron chi connectivity index (χ3n) is 4.69. The van der Waals surface area contributed by atoms with Gasteiger partial charge in [-0.2, -0.15) is 0 Å². The summed E-state index contributed by atoms with van der Waals surface area (Å²) in [6.07, 6.45) is 5.42. The summed E-state index contributed by atoms with van der Waals surface area (Å²) in [5.74, 6) is 1.26. The maximum Gasteiger partial charge on any atom is 0.191 e. The van der Waals surface area contributed by atoms with Gasteiger partial charge in [-0.1, -0.05) is 37.3 Å². The fourth-order valence-electron chi connectivity index (χ4n) is 3.26. The number of thiazole rings is 1. The molecular formula is C20H28N4OS. The topological polar surface area (TPSA) is 58.5 Å². The Bertz CT molecular complexity index is 701. The molecule has 0 bridgehead atoms. The summed E-state index contributed by atoms with van der Waals surface area (Å²) < 4.78 is 6.08. The maximum atomic E-state index is 6.08. The monoisotopic (exact) mass is 372 g/mol. The molecule has 3 rings (SSSR count). The van der Waals surface area contributed by atoms with Gasteiger partial charge in [0.25, 0.3) is 0 Å². The van der Waals surface area contributed by atoms with Gasteiger partial charge in [0.15, 0.2) is 5.96 Å². The molecule has 1 saturated heterocycles. The Hall–Kier alpha value is -1.92. The van der Waals surface area contributed by atoms with Crippen molar-refractivity contribution in [2.75, 3.05) is 20.2 Å². The van der Waals surface area contributed by atoms with Crippen LogP contribution >= 0.6 is 11.3 Å². The average Bonchev–Trinajstić information content (AvgIpc) is 3.17. The number of hydrogen-bond acceptors (Lipinski definition) is 4. The zero-order valence-electron chi connectivity index (χ0n) is 15.6. The van der Waals surface area contributed by atoms with E-state index >= 15 is 0 Å². The number of aromatic nitrogens is 1. The van der Waals surface area contributed by atoms with Gasteiger partial charge in [0.2, 0.25) is 0 Å². The Kier molecular flexibility index (Phi) is 7.03. The lowest BCUT2D eigenvalue weighted by molar-refractivity contribution is -0.0265. The van der Waals surface area contributed by atoms with Crippen LogP contribution in [0.5, 0.6) is 0 Å². The van der Waals surface area contributed by atoms with Crippen LogP contribution in [0.4, 0.5) is 0 Å². The van der Waals surface area contributed by atoms with Crippen LogP contribution in [0.2, 0.25) is 0 Å². The number of hydrogen-bond donors (Lipinski definition) is 2. The second-order valence-corrected chi connectivity index (χ2v) is 7.68. The molecule has 1 aliphatic heterocycles. The highest BCUT2D eigenvalue weighted by molar-refractivity contribution is 7.11. The van der Waals surface area contributed by atoms with Crippen LogP contribution < -0.4 is 10.6 Å². The summed E-state index contributed by atoms with van der Waals surface area (Å²) in [5.41, 5.74) is 1.26. The van der Waals surface area contributed by atoms with E-state index in [2.05, 4.69) is 51.8 Å². The zero-order valence-corrected chi connectivity index (χ0v) is 16.4. The summed E-state index contributed by atoms with van der Waals surface area (Å²) >= 11 is 1.75. The molecule has 6 heteroatoms. The molecule has 2 atom stereocenters. The van der Waals surface area contributed by atoms with Crippen LogP contribution in [0.25, 0.3) is 0 Å². The van der Waals surface area contributed by atoms with Crippen molar-refractivity contribution in [3.05, 3.63) is 52.0 Å². The van der Waals surface area contributed by atoms with Crippen LogP contribution in [0.1, 0.15) is 41.3 Å². The maximum absolute atomic E-state index is 6.08. The van der Waals surface area contributed by atoms with Gasteiger partial charge in [0.05, 0.1) is 12.6 Å². The highest BCUT2D eigenvalue weighted by Gasteiger charge is 2.27. The standard InChI is InChI=1S/C20H28N4OS/c1-3-17-13-22-18(26-17)14-24-20(21-2)23-12-16-10-7-11-25-19(16)15-8-5-4-6-9-15/h4-6,8-9,13,16,19H,3,7,10-12,14H2,1-2H3,(H2,21,23,24). The molecule has 1 aromatic heterocycles. The van der Waals surface area contributed by atoms with Gasteiger partial charge in [-0.05, 0) is 24.8 Å². The highest BCUT2D eigenvalue weighted by atomic mass is 32.1. The Balaban J connectivity index is 1.53. The van der Waals surface area contributed by atoms with Crippen LogP contribution in [0, 0.1) is 5.92 Å². The van der Waals surface area contributed by atoms with Crippen LogP contribution in [0.15, 0.2) is 41.5 Å². The molecule has 2 unspecified atom stereocenters. The molecule has 0 spiro atoms. The SMILES string of the molecule is CCc1cnc(CNC(=NC)NCC2CCCOC2c2ccccc2)s1. The second-order valence-electron chi connectivity index (χ2n) is 6.48. The molecule has 1 aromatic carbocycles. The van der Waals surface area contributed by atoms with Crippen molar-refractivity contribution in [2.24, 2.45) is 10.9 Å². The molecule has 0 saturated carbocycles. The molecule has 2 N–H and O–H groups in total. The van der Waals surface area contributed by atoms with Crippen LogP contribution in [-0.4, -0.2) is 31.1 Å².